The molecule has 7 heteroatoms. The van der Waals surface area contributed by atoms with E-state index in [1.54, 1.807) is 0 Å². The van der Waals surface area contributed by atoms with Crippen molar-refractivity contribution in [2.45, 2.75) is 50.7 Å². The number of nitrogen functional groups attached to an aromatic ring is 1. The minimum atomic E-state index is -0.618. The number of anilines is 1. The monoisotopic (exact) mass is 460 g/mol. The summed E-state index contributed by atoms with van der Waals surface area (Å²) in [4.78, 5) is 9.05. The Morgan fingerprint density at radius 1 is 1.09 bits per heavy atom. The van der Waals surface area contributed by atoms with Crippen LogP contribution in [0.5, 0.6) is 0 Å². The molecule has 0 saturated carbocycles. The van der Waals surface area contributed by atoms with Gasteiger partial charge in [0, 0.05) is 23.2 Å². The molecule has 1 saturated heterocycles. The smallest absolute Gasteiger partial charge is 0.164 e. The summed E-state index contributed by atoms with van der Waals surface area (Å²) in [5.74, 6) is -0.260. The average molecular weight is 461 g/mol. The van der Waals surface area contributed by atoms with Crippen LogP contribution in [0.3, 0.4) is 0 Å². The third-order valence-electron chi connectivity index (χ3n) is 6.58. The van der Waals surface area contributed by atoms with Crippen LogP contribution in [-0.2, 0) is 15.9 Å². The Morgan fingerprint density at radius 2 is 1.97 bits per heavy atom. The third-order valence-corrected chi connectivity index (χ3v) is 6.88. The van der Waals surface area contributed by atoms with Gasteiger partial charge in [0.15, 0.2) is 5.79 Å². The van der Waals surface area contributed by atoms with Crippen molar-refractivity contribution in [2.75, 3.05) is 5.73 Å². The number of halogens is 1. The molecule has 0 unspecified atom stereocenters. The maximum absolute atomic E-state index is 6.36. The van der Waals surface area contributed by atoms with Gasteiger partial charge in [-0.2, -0.15) is 0 Å². The van der Waals surface area contributed by atoms with Crippen LogP contribution in [0.15, 0.2) is 66.5 Å². The number of hydrogen-bond donors (Lipinski definition) is 1. The Hall–Kier alpha value is -2.93. The lowest BCUT2D eigenvalue weighted by Gasteiger charge is -2.22. The van der Waals surface area contributed by atoms with Crippen LogP contribution >= 0.6 is 11.6 Å². The SMILES string of the molecule is CC1(C)O[C@@H]2[C@H](O1)C(CCc1ccc3cc(Cl)c(N)nc3c1)=C[C@H]2n1ccc2cccnc21. The Morgan fingerprint density at radius 3 is 2.85 bits per heavy atom. The highest BCUT2D eigenvalue weighted by molar-refractivity contribution is 6.33. The molecule has 0 amide bonds. The van der Waals surface area contributed by atoms with Crippen LogP contribution in [0, 0.1) is 0 Å². The highest BCUT2D eigenvalue weighted by atomic mass is 35.5. The normalized spacial score (nSPS) is 23.8. The van der Waals surface area contributed by atoms with Gasteiger partial charge >= 0.3 is 0 Å². The van der Waals surface area contributed by atoms with Gasteiger partial charge in [-0.25, -0.2) is 9.97 Å². The third kappa shape index (κ3) is 3.59. The van der Waals surface area contributed by atoms with Gasteiger partial charge in [-0.05, 0) is 68.2 Å². The molecule has 2 aliphatic rings. The molecule has 6 nitrogen and oxygen atoms in total. The van der Waals surface area contributed by atoms with Crippen molar-refractivity contribution in [1.29, 1.82) is 0 Å². The second kappa shape index (κ2) is 7.55. The molecule has 4 aromatic rings. The molecule has 1 aromatic carbocycles. The Labute approximate surface area is 197 Å². The van der Waals surface area contributed by atoms with E-state index in [0.29, 0.717) is 10.8 Å². The van der Waals surface area contributed by atoms with E-state index in [1.807, 2.05) is 38.2 Å². The van der Waals surface area contributed by atoms with Gasteiger partial charge in [-0.3, -0.25) is 0 Å². The fourth-order valence-corrected chi connectivity index (χ4v) is 5.23. The first-order chi connectivity index (χ1) is 15.9. The predicted molar refractivity (Wildman–Crippen MR) is 130 cm³/mol. The van der Waals surface area contributed by atoms with Gasteiger partial charge in [0.2, 0.25) is 0 Å². The maximum atomic E-state index is 6.36. The summed E-state index contributed by atoms with van der Waals surface area (Å²) in [6.45, 7) is 3.97. The molecule has 33 heavy (non-hydrogen) atoms. The molecule has 1 aliphatic carbocycles. The van der Waals surface area contributed by atoms with Crippen LogP contribution in [0.4, 0.5) is 5.82 Å². The Bertz CT molecular complexity index is 1410. The summed E-state index contributed by atoms with van der Waals surface area (Å²) in [5.41, 5.74) is 10.2. The Balaban J connectivity index is 1.30. The van der Waals surface area contributed by atoms with E-state index < -0.39 is 5.79 Å². The number of aryl methyl sites for hydroxylation is 1. The van der Waals surface area contributed by atoms with Crippen LogP contribution < -0.4 is 5.73 Å². The van der Waals surface area contributed by atoms with Crippen LogP contribution in [0.2, 0.25) is 5.02 Å². The molecule has 3 aromatic heterocycles. The summed E-state index contributed by atoms with van der Waals surface area (Å²) in [7, 11) is 0. The number of aromatic nitrogens is 3. The van der Waals surface area contributed by atoms with Gasteiger partial charge in [-0.15, -0.1) is 0 Å². The number of nitrogens with two attached hydrogens (primary N) is 1. The molecule has 0 spiro atoms. The van der Waals surface area contributed by atoms with E-state index in [0.717, 1.165) is 34.8 Å². The standard InChI is InChI=1S/C26H25ClN4O2/c1-26(2)32-22-18(8-6-15-5-7-17-13-19(27)24(28)30-20(17)12-15)14-21(23(22)33-26)31-11-9-16-4-3-10-29-25(16)31/h3-5,7,9-14,21-23H,6,8H2,1-2H3,(H2,28,30)/t21-,22-,23+/m1/s1. The van der Waals surface area contributed by atoms with Crippen molar-refractivity contribution in [3.63, 3.8) is 0 Å². The summed E-state index contributed by atoms with van der Waals surface area (Å²) in [5, 5.41) is 2.59. The fraction of sp³-hybridized carbons (Fsp3) is 0.308. The van der Waals surface area contributed by atoms with E-state index in [9.17, 15) is 0 Å². The molecule has 0 bridgehead atoms. The van der Waals surface area contributed by atoms with Crippen LogP contribution in [-0.4, -0.2) is 32.5 Å². The van der Waals surface area contributed by atoms with Crippen molar-refractivity contribution in [1.82, 2.24) is 14.5 Å². The molecule has 1 aliphatic heterocycles. The number of hydrogen-bond acceptors (Lipinski definition) is 5. The maximum Gasteiger partial charge on any atom is 0.164 e. The minimum absolute atomic E-state index is 0.0411. The second-order valence-corrected chi connectivity index (χ2v) is 9.68. The average Bonchev–Trinajstić information content (AvgIpc) is 3.44. The zero-order chi connectivity index (χ0) is 22.7. The van der Waals surface area contributed by atoms with Crippen LogP contribution in [0.1, 0.15) is 31.9 Å². The lowest BCUT2D eigenvalue weighted by molar-refractivity contribution is -0.147. The molecule has 0 radical (unpaired) electrons. The zero-order valence-electron chi connectivity index (χ0n) is 18.5. The highest BCUT2D eigenvalue weighted by Crippen LogP contribution is 2.45. The summed E-state index contributed by atoms with van der Waals surface area (Å²) < 4.78 is 14.9. The quantitative estimate of drug-likeness (QED) is 0.409. The first kappa shape index (κ1) is 20.7. The van der Waals surface area contributed by atoms with Crippen molar-refractivity contribution in [2.24, 2.45) is 0 Å². The lowest BCUT2D eigenvalue weighted by atomic mass is 10.0. The largest absolute Gasteiger partial charge is 0.382 e. The topological polar surface area (TPSA) is 75.2 Å². The summed E-state index contributed by atoms with van der Waals surface area (Å²) in [6.07, 6.45) is 7.83. The highest BCUT2D eigenvalue weighted by Gasteiger charge is 2.50. The molecule has 3 atom stereocenters. The zero-order valence-corrected chi connectivity index (χ0v) is 19.3. The lowest BCUT2D eigenvalue weighted by Crippen LogP contribution is -2.27. The number of nitrogens with zero attached hydrogens (tertiary/aromatic N) is 3. The van der Waals surface area contributed by atoms with Crippen LogP contribution in [0.25, 0.3) is 21.9 Å². The van der Waals surface area contributed by atoms with Gasteiger partial charge < -0.3 is 19.8 Å². The first-order valence-electron chi connectivity index (χ1n) is 11.2. The van der Waals surface area contributed by atoms with E-state index >= 15 is 0 Å². The number of rotatable bonds is 4. The van der Waals surface area contributed by atoms with Crippen molar-refractivity contribution in [3.05, 3.63) is 77.1 Å². The molecular formula is C26H25ClN4O2. The molecular weight excluding hydrogens is 436 g/mol. The number of fused-ring (bicyclic) bond motifs is 3. The van der Waals surface area contributed by atoms with E-state index in [2.05, 4.69) is 51.1 Å². The molecule has 168 valence electrons. The molecule has 1 fully saturated rings. The molecule has 6 rings (SSSR count). The van der Waals surface area contributed by atoms with Gasteiger partial charge in [0.05, 0.1) is 16.6 Å². The summed E-state index contributed by atoms with van der Waals surface area (Å²) in [6, 6.07) is 14.3. The minimum Gasteiger partial charge on any atom is -0.382 e. The summed E-state index contributed by atoms with van der Waals surface area (Å²) >= 11 is 6.11. The van der Waals surface area contributed by atoms with E-state index in [1.165, 1.54) is 11.1 Å². The number of ether oxygens (including phenoxy) is 2. The van der Waals surface area contributed by atoms with Gasteiger partial charge in [-0.1, -0.05) is 29.8 Å². The fourth-order valence-electron chi connectivity index (χ4n) is 5.07. The number of benzene rings is 1. The van der Waals surface area contributed by atoms with Gasteiger partial charge in [0.25, 0.3) is 0 Å². The number of pyridine rings is 2. The molecule has 4 heterocycles. The first-order valence-corrected chi connectivity index (χ1v) is 11.6. The van der Waals surface area contributed by atoms with Crippen molar-refractivity contribution in [3.8, 4) is 0 Å². The predicted octanol–water partition coefficient (Wildman–Crippen LogP) is 5.45. The van der Waals surface area contributed by atoms with Gasteiger partial charge in [0.1, 0.15) is 23.7 Å². The van der Waals surface area contributed by atoms with E-state index in [4.69, 9.17) is 26.8 Å². The second-order valence-electron chi connectivity index (χ2n) is 9.27. The molecule has 2 N–H and O–H groups in total. The van der Waals surface area contributed by atoms with Crippen molar-refractivity contribution >= 4 is 39.4 Å². The Kier molecular flexibility index (Phi) is 4.73. The van der Waals surface area contributed by atoms with E-state index in [-0.39, 0.29) is 18.2 Å². The van der Waals surface area contributed by atoms with Crippen molar-refractivity contribution < 1.29 is 9.47 Å².